The molecule has 0 saturated carbocycles. The van der Waals surface area contributed by atoms with Crippen molar-refractivity contribution in [2.45, 2.75) is 26.8 Å². The van der Waals surface area contributed by atoms with E-state index in [1.54, 1.807) is 11.3 Å². The van der Waals surface area contributed by atoms with Crippen molar-refractivity contribution in [2.24, 2.45) is 0 Å². The zero-order chi connectivity index (χ0) is 14.7. The Morgan fingerprint density at radius 2 is 2.20 bits per heavy atom. The van der Waals surface area contributed by atoms with Crippen molar-refractivity contribution in [3.05, 3.63) is 10.4 Å². The van der Waals surface area contributed by atoms with Crippen LogP contribution in [0.15, 0.2) is 5.38 Å². The normalized spacial score (nSPS) is 11.5. The Morgan fingerprint density at radius 1 is 1.45 bits per heavy atom. The van der Waals surface area contributed by atoms with Gasteiger partial charge in [0.05, 0.1) is 16.3 Å². The van der Waals surface area contributed by atoms with Crippen LogP contribution in [0.2, 0.25) is 0 Å². The Bertz CT molecular complexity index is 561. The third-order valence-corrected chi connectivity index (χ3v) is 4.82. The second-order valence-electron chi connectivity index (χ2n) is 5.02. The van der Waals surface area contributed by atoms with Crippen LogP contribution in [0.25, 0.3) is 11.3 Å². The summed E-state index contributed by atoms with van der Waals surface area (Å²) in [6.45, 7) is 8.22. The van der Waals surface area contributed by atoms with E-state index in [1.165, 1.54) is 11.5 Å². The summed E-state index contributed by atoms with van der Waals surface area (Å²) in [7, 11) is 2.12. The molecule has 0 aromatic carbocycles. The molecule has 2 aromatic heterocycles. The van der Waals surface area contributed by atoms with E-state index < -0.39 is 0 Å². The lowest BCUT2D eigenvalue weighted by molar-refractivity contribution is 0.284. The van der Waals surface area contributed by atoms with E-state index in [-0.39, 0.29) is 0 Å². The number of nitrogen functional groups attached to an aromatic ring is 1. The standard InChI is InChI=1S/C13H21N5S2/c1-8(2)18(4)6-5-15-13-11(12(14)17-20-13)10-7-19-9(3)16-10/h7-8,15H,5-6H2,1-4H3,(H2,14,17). The van der Waals surface area contributed by atoms with Crippen LogP contribution in [0.1, 0.15) is 18.9 Å². The number of likely N-dealkylation sites (N-methyl/N-ethyl adjacent to an activating group) is 1. The van der Waals surface area contributed by atoms with Gasteiger partial charge in [-0.05, 0) is 39.4 Å². The Morgan fingerprint density at radius 3 is 2.80 bits per heavy atom. The summed E-state index contributed by atoms with van der Waals surface area (Å²) in [5.41, 5.74) is 7.83. The number of anilines is 2. The lowest BCUT2D eigenvalue weighted by atomic mass is 10.2. The fourth-order valence-corrected chi connectivity index (χ4v) is 3.10. The van der Waals surface area contributed by atoms with Gasteiger partial charge in [-0.2, -0.15) is 4.37 Å². The van der Waals surface area contributed by atoms with Gasteiger partial charge in [0, 0.05) is 24.5 Å². The lowest BCUT2D eigenvalue weighted by Gasteiger charge is -2.21. The number of aromatic nitrogens is 2. The quantitative estimate of drug-likeness (QED) is 0.858. The first kappa shape index (κ1) is 15.2. The van der Waals surface area contributed by atoms with Crippen molar-refractivity contribution in [1.82, 2.24) is 14.3 Å². The predicted molar refractivity (Wildman–Crippen MR) is 88.6 cm³/mol. The van der Waals surface area contributed by atoms with Gasteiger partial charge in [-0.15, -0.1) is 11.3 Å². The molecule has 2 rings (SSSR count). The zero-order valence-electron chi connectivity index (χ0n) is 12.3. The zero-order valence-corrected chi connectivity index (χ0v) is 13.9. The molecule has 0 saturated heterocycles. The minimum absolute atomic E-state index is 0.545. The van der Waals surface area contributed by atoms with Crippen molar-refractivity contribution >= 4 is 33.7 Å². The van der Waals surface area contributed by atoms with Crippen LogP contribution in [0.4, 0.5) is 10.8 Å². The Balaban J connectivity index is 2.06. The van der Waals surface area contributed by atoms with Gasteiger partial charge in [0.15, 0.2) is 0 Å². The summed E-state index contributed by atoms with van der Waals surface area (Å²) < 4.78 is 4.24. The topological polar surface area (TPSA) is 67.1 Å². The fraction of sp³-hybridized carbons (Fsp3) is 0.538. The number of rotatable bonds is 6. The number of hydrogen-bond acceptors (Lipinski definition) is 7. The molecule has 0 radical (unpaired) electrons. The van der Waals surface area contributed by atoms with Gasteiger partial charge < -0.3 is 16.0 Å². The van der Waals surface area contributed by atoms with Gasteiger partial charge in [-0.25, -0.2) is 4.98 Å². The van der Waals surface area contributed by atoms with Crippen LogP contribution in [-0.2, 0) is 0 Å². The Hall–Kier alpha value is -1.18. The van der Waals surface area contributed by atoms with E-state index in [0.717, 1.165) is 34.4 Å². The molecule has 20 heavy (non-hydrogen) atoms. The van der Waals surface area contributed by atoms with Crippen molar-refractivity contribution in [1.29, 1.82) is 0 Å². The average Bonchev–Trinajstić information content (AvgIpc) is 2.95. The molecular formula is C13H21N5S2. The van der Waals surface area contributed by atoms with Gasteiger partial charge in [0.2, 0.25) is 0 Å². The predicted octanol–water partition coefficient (Wildman–Crippen LogP) is 2.91. The molecule has 110 valence electrons. The maximum absolute atomic E-state index is 5.98. The summed E-state index contributed by atoms with van der Waals surface area (Å²) in [6.07, 6.45) is 0. The Labute approximate surface area is 128 Å². The molecule has 0 aliphatic heterocycles. The van der Waals surface area contributed by atoms with Crippen LogP contribution in [-0.4, -0.2) is 40.4 Å². The first-order valence-corrected chi connectivity index (χ1v) is 8.26. The summed E-state index contributed by atoms with van der Waals surface area (Å²) in [4.78, 5) is 6.80. The van der Waals surface area contributed by atoms with Crippen LogP contribution < -0.4 is 11.1 Å². The molecule has 0 amide bonds. The van der Waals surface area contributed by atoms with Gasteiger partial charge >= 0.3 is 0 Å². The molecule has 0 fully saturated rings. The third-order valence-electron chi connectivity index (χ3n) is 3.23. The first-order valence-electron chi connectivity index (χ1n) is 6.60. The van der Waals surface area contributed by atoms with Gasteiger partial charge in [-0.1, -0.05) is 0 Å². The maximum Gasteiger partial charge on any atom is 0.148 e. The molecular weight excluding hydrogens is 290 g/mol. The highest BCUT2D eigenvalue weighted by Gasteiger charge is 2.16. The number of nitrogens with two attached hydrogens (primary N) is 1. The molecule has 0 spiro atoms. The number of aryl methyl sites for hydroxylation is 1. The lowest BCUT2D eigenvalue weighted by Crippen LogP contribution is -2.31. The van der Waals surface area contributed by atoms with Gasteiger partial charge in [0.1, 0.15) is 10.8 Å². The average molecular weight is 311 g/mol. The summed E-state index contributed by atoms with van der Waals surface area (Å²) >= 11 is 3.03. The number of nitrogens with zero attached hydrogens (tertiary/aromatic N) is 3. The van der Waals surface area contributed by atoms with Crippen molar-refractivity contribution in [3.8, 4) is 11.3 Å². The Kier molecular flexibility index (Phi) is 4.95. The molecule has 0 unspecified atom stereocenters. The highest BCUT2D eigenvalue weighted by molar-refractivity contribution is 7.11. The molecule has 0 atom stereocenters. The minimum atomic E-state index is 0.545. The molecule has 3 N–H and O–H groups in total. The van der Waals surface area contributed by atoms with Crippen molar-refractivity contribution in [2.75, 3.05) is 31.2 Å². The second kappa shape index (κ2) is 6.51. The van der Waals surface area contributed by atoms with E-state index in [4.69, 9.17) is 5.73 Å². The molecule has 5 nitrogen and oxygen atoms in total. The smallest absolute Gasteiger partial charge is 0.148 e. The first-order chi connectivity index (χ1) is 9.49. The van der Waals surface area contributed by atoms with E-state index in [2.05, 4.69) is 40.5 Å². The summed E-state index contributed by atoms with van der Waals surface area (Å²) in [5, 5.41) is 7.50. The third kappa shape index (κ3) is 3.47. The number of hydrogen-bond donors (Lipinski definition) is 2. The largest absolute Gasteiger partial charge is 0.382 e. The van der Waals surface area contributed by atoms with Crippen molar-refractivity contribution in [3.63, 3.8) is 0 Å². The van der Waals surface area contributed by atoms with Gasteiger partial charge in [-0.3, -0.25) is 0 Å². The van der Waals surface area contributed by atoms with Crippen LogP contribution in [0.3, 0.4) is 0 Å². The highest BCUT2D eigenvalue weighted by atomic mass is 32.1. The molecule has 0 aliphatic rings. The van der Waals surface area contributed by atoms with E-state index in [0.29, 0.717) is 11.9 Å². The maximum atomic E-state index is 5.98. The highest BCUT2D eigenvalue weighted by Crippen LogP contribution is 2.36. The molecule has 2 aromatic rings. The molecule has 0 aliphatic carbocycles. The van der Waals surface area contributed by atoms with Crippen LogP contribution in [0.5, 0.6) is 0 Å². The van der Waals surface area contributed by atoms with E-state index in [9.17, 15) is 0 Å². The minimum Gasteiger partial charge on any atom is -0.382 e. The molecule has 7 heteroatoms. The van der Waals surface area contributed by atoms with Crippen LogP contribution >= 0.6 is 22.9 Å². The fourth-order valence-electron chi connectivity index (χ4n) is 1.75. The van der Waals surface area contributed by atoms with E-state index >= 15 is 0 Å². The number of nitrogens with one attached hydrogen (secondary N) is 1. The van der Waals surface area contributed by atoms with E-state index in [1.807, 2.05) is 12.3 Å². The summed E-state index contributed by atoms with van der Waals surface area (Å²) in [5.74, 6) is 0.556. The number of thiazole rings is 1. The molecule has 0 bridgehead atoms. The molecule has 2 heterocycles. The SMILES string of the molecule is Cc1nc(-c2c(N)nsc2NCCN(C)C(C)C)cs1. The summed E-state index contributed by atoms with van der Waals surface area (Å²) in [6, 6.07) is 0.545. The second-order valence-corrected chi connectivity index (χ2v) is 6.86. The van der Waals surface area contributed by atoms with Gasteiger partial charge in [0.25, 0.3) is 0 Å². The van der Waals surface area contributed by atoms with Crippen molar-refractivity contribution < 1.29 is 0 Å². The monoisotopic (exact) mass is 311 g/mol. The van der Waals surface area contributed by atoms with Crippen LogP contribution in [0, 0.1) is 6.92 Å².